The van der Waals surface area contributed by atoms with Gasteiger partial charge in [-0.25, -0.2) is 0 Å². The van der Waals surface area contributed by atoms with Crippen molar-refractivity contribution in [3.63, 3.8) is 0 Å². The Labute approximate surface area is 116 Å². The van der Waals surface area contributed by atoms with Crippen LogP contribution in [0.15, 0.2) is 12.3 Å². The van der Waals surface area contributed by atoms with E-state index in [4.69, 9.17) is 22.1 Å². The predicted molar refractivity (Wildman–Crippen MR) is 75.7 cm³/mol. The van der Waals surface area contributed by atoms with E-state index in [0.717, 1.165) is 12.0 Å². The Bertz CT molecular complexity index is 595. The Morgan fingerprint density at radius 2 is 2.21 bits per heavy atom. The van der Waals surface area contributed by atoms with Gasteiger partial charge in [0.05, 0.1) is 23.9 Å². The van der Waals surface area contributed by atoms with E-state index >= 15 is 0 Å². The normalized spacial score (nSPS) is 10.7. The van der Waals surface area contributed by atoms with Crippen molar-refractivity contribution < 1.29 is 9.84 Å². The van der Waals surface area contributed by atoms with Crippen molar-refractivity contribution in [2.24, 2.45) is 7.05 Å². The quantitative estimate of drug-likeness (QED) is 0.907. The van der Waals surface area contributed by atoms with Crippen LogP contribution in [-0.2, 0) is 13.5 Å². The van der Waals surface area contributed by atoms with Crippen LogP contribution in [0.25, 0.3) is 11.1 Å². The summed E-state index contributed by atoms with van der Waals surface area (Å²) in [7, 11) is 3.23. The molecule has 0 saturated carbocycles. The van der Waals surface area contributed by atoms with Crippen molar-refractivity contribution in [2.45, 2.75) is 13.3 Å². The minimum absolute atomic E-state index is 0.0237. The summed E-state index contributed by atoms with van der Waals surface area (Å²) in [6.45, 7) is 1.98. The summed E-state index contributed by atoms with van der Waals surface area (Å²) < 4.78 is 6.70. The molecule has 5 nitrogen and oxygen atoms in total. The summed E-state index contributed by atoms with van der Waals surface area (Å²) in [5, 5.41) is 14.8. The van der Waals surface area contributed by atoms with Crippen LogP contribution in [0.5, 0.6) is 11.5 Å². The molecule has 6 heteroatoms. The van der Waals surface area contributed by atoms with Crippen molar-refractivity contribution in [3.05, 3.63) is 22.8 Å². The Hall–Kier alpha value is -1.88. The Morgan fingerprint density at radius 3 is 2.68 bits per heavy atom. The number of nitrogen functional groups attached to an aromatic ring is 1. The number of halogens is 1. The van der Waals surface area contributed by atoms with Crippen molar-refractivity contribution in [3.8, 4) is 22.6 Å². The van der Waals surface area contributed by atoms with Crippen molar-refractivity contribution in [2.75, 3.05) is 12.8 Å². The van der Waals surface area contributed by atoms with E-state index in [0.29, 0.717) is 27.7 Å². The molecule has 2 aromatic rings. The van der Waals surface area contributed by atoms with Crippen molar-refractivity contribution >= 4 is 17.4 Å². The lowest BCUT2D eigenvalue weighted by atomic mass is 10.0. The SMILES string of the molecule is CCc1cc(OC)c(O)c(-c2cnn(C)c2N)c1Cl. The smallest absolute Gasteiger partial charge is 0.167 e. The molecule has 0 amide bonds. The number of nitrogens with two attached hydrogens (primary N) is 1. The summed E-state index contributed by atoms with van der Waals surface area (Å²) in [5.74, 6) is 0.788. The molecular weight excluding hydrogens is 266 g/mol. The average Bonchev–Trinajstić information content (AvgIpc) is 2.72. The monoisotopic (exact) mass is 281 g/mol. The molecule has 2 rings (SSSR count). The van der Waals surface area contributed by atoms with Crippen LogP contribution in [0.2, 0.25) is 5.02 Å². The molecule has 0 unspecified atom stereocenters. The second-order valence-electron chi connectivity index (χ2n) is 4.20. The van der Waals surface area contributed by atoms with Gasteiger partial charge in [0.25, 0.3) is 0 Å². The molecule has 102 valence electrons. The minimum atomic E-state index is -0.0237. The minimum Gasteiger partial charge on any atom is -0.504 e. The van der Waals surface area contributed by atoms with E-state index in [9.17, 15) is 5.11 Å². The Morgan fingerprint density at radius 1 is 1.53 bits per heavy atom. The highest BCUT2D eigenvalue weighted by molar-refractivity contribution is 6.34. The summed E-state index contributed by atoms with van der Waals surface area (Å²) >= 11 is 6.35. The summed E-state index contributed by atoms with van der Waals surface area (Å²) in [6, 6.07) is 1.73. The molecule has 1 aromatic carbocycles. The molecule has 1 heterocycles. The fraction of sp³-hybridized carbons (Fsp3) is 0.308. The molecule has 0 radical (unpaired) electrons. The number of hydrogen-bond donors (Lipinski definition) is 2. The third-order valence-electron chi connectivity index (χ3n) is 3.13. The van der Waals surface area contributed by atoms with Gasteiger partial charge in [0.1, 0.15) is 5.82 Å². The first-order valence-corrected chi connectivity index (χ1v) is 6.25. The van der Waals surface area contributed by atoms with Gasteiger partial charge < -0.3 is 15.6 Å². The highest BCUT2D eigenvalue weighted by Gasteiger charge is 2.21. The van der Waals surface area contributed by atoms with Crippen LogP contribution in [0.3, 0.4) is 0 Å². The zero-order valence-corrected chi connectivity index (χ0v) is 11.8. The van der Waals surface area contributed by atoms with Gasteiger partial charge in [-0.3, -0.25) is 4.68 Å². The molecule has 0 aliphatic rings. The number of benzene rings is 1. The van der Waals surface area contributed by atoms with Gasteiger partial charge in [-0.15, -0.1) is 0 Å². The van der Waals surface area contributed by atoms with Crippen molar-refractivity contribution in [1.82, 2.24) is 9.78 Å². The van der Waals surface area contributed by atoms with Gasteiger partial charge in [-0.1, -0.05) is 18.5 Å². The second-order valence-corrected chi connectivity index (χ2v) is 4.57. The molecule has 0 aliphatic heterocycles. The third kappa shape index (κ3) is 2.10. The lowest BCUT2D eigenvalue weighted by molar-refractivity contribution is 0.374. The van der Waals surface area contributed by atoms with Gasteiger partial charge in [-0.2, -0.15) is 5.10 Å². The van der Waals surface area contributed by atoms with Crippen LogP contribution in [0.4, 0.5) is 5.82 Å². The van der Waals surface area contributed by atoms with Gasteiger partial charge in [0.2, 0.25) is 0 Å². The van der Waals surface area contributed by atoms with Gasteiger partial charge >= 0.3 is 0 Å². The molecule has 0 atom stereocenters. The van der Waals surface area contributed by atoms with E-state index in [1.54, 1.807) is 19.3 Å². The Balaban J connectivity index is 2.78. The van der Waals surface area contributed by atoms with E-state index < -0.39 is 0 Å². The maximum absolute atomic E-state index is 10.3. The summed E-state index contributed by atoms with van der Waals surface area (Å²) in [4.78, 5) is 0. The summed E-state index contributed by atoms with van der Waals surface area (Å²) in [5.41, 5.74) is 7.89. The molecule has 19 heavy (non-hydrogen) atoms. The molecule has 0 fully saturated rings. The maximum Gasteiger partial charge on any atom is 0.167 e. The van der Waals surface area contributed by atoms with E-state index in [-0.39, 0.29) is 5.75 Å². The number of hydrogen-bond acceptors (Lipinski definition) is 4. The number of aromatic hydroxyl groups is 1. The lowest BCUT2D eigenvalue weighted by Crippen LogP contribution is -1.99. The van der Waals surface area contributed by atoms with Crippen LogP contribution in [-0.4, -0.2) is 22.0 Å². The number of ether oxygens (including phenoxy) is 1. The average molecular weight is 282 g/mol. The number of phenolic OH excluding ortho intramolecular Hbond substituents is 1. The van der Waals surface area contributed by atoms with E-state index in [1.165, 1.54) is 11.8 Å². The fourth-order valence-corrected chi connectivity index (χ4v) is 2.36. The van der Waals surface area contributed by atoms with Crippen LogP contribution in [0, 0.1) is 0 Å². The molecule has 0 saturated heterocycles. The molecular formula is C13H16ClN3O2. The second kappa shape index (κ2) is 5.01. The Kier molecular flexibility index (Phi) is 3.57. The van der Waals surface area contributed by atoms with E-state index in [2.05, 4.69) is 5.10 Å². The number of phenols is 1. The number of methoxy groups -OCH3 is 1. The largest absolute Gasteiger partial charge is 0.504 e. The zero-order valence-electron chi connectivity index (χ0n) is 11.1. The van der Waals surface area contributed by atoms with Crippen molar-refractivity contribution in [1.29, 1.82) is 0 Å². The van der Waals surface area contributed by atoms with Gasteiger partial charge in [0.15, 0.2) is 11.5 Å². The first-order chi connectivity index (χ1) is 9.01. The number of rotatable bonds is 3. The number of nitrogens with zero attached hydrogens (tertiary/aromatic N) is 2. The van der Waals surface area contributed by atoms with E-state index in [1.807, 2.05) is 6.92 Å². The molecule has 1 aromatic heterocycles. The number of aromatic nitrogens is 2. The zero-order chi connectivity index (χ0) is 14.2. The van der Waals surface area contributed by atoms with Crippen LogP contribution >= 0.6 is 11.6 Å². The van der Waals surface area contributed by atoms with Gasteiger partial charge in [0, 0.05) is 12.6 Å². The lowest BCUT2D eigenvalue weighted by Gasteiger charge is -2.14. The molecule has 3 N–H and O–H groups in total. The highest BCUT2D eigenvalue weighted by Crippen LogP contribution is 2.45. The first-order valence-electron chi connectivity index (χ1n) is 5.87. The molecule has 0 aliphatic carbocycles. The predicted octanol–water partition coefficient (Wildman–Crippen LogP) is 2.60. The highest BCUT2D eigenvalue weighted by atomic mass is 35.5. The van der Waals surface area contributed by atoms with Crippen LogP contribution in [0.1, 0.15) is 12.5 Å². The molecule has 0 spiro atoms. The standard InChI is InChI=1S/C13H16ClN3O2/c1-4-7-5-9(19-3)12(18)10(11(7)14)8-6-16-17(2)13(8)15/h5-6,18H,4,15H2,1-3H3. The topological polar surface area (TPSA) is 73.3 Å². The first kappa shape index (κ1) is 13.5. The molecule has 0 bridgehead atoms. The maximum atomic E-state index is 10.3. The summed E-state index contributed by atoms with van der Waals surface area (Å²) in [6.07, 6.45) is 2.30. The van der Waals surface area contributed by atoms with Crippen LogP contribution < -0.4 is 10.5 Å². The third-order valence-corrected chi connectivity index (χ3v) is 3.56. The number of aryl methyl sites for hydroxylation is 2. The van der Waals surface area contributed by atoms with Gasteiger partial charge in [-0.05, 0) is 18.1 Å². The fourth-order valence-electron chi connectivity index (χ4n) is 1.98. The number of anilines is 1.